The summed E-state index contributed by atoms with van der Waals surface area (Å²) in [5, 5.41) is 2.56. The molecule has 0 rings (SSSR count). The van der Waals surface area contributed by atoms with Gasteiger partial charge in [-0.1, -0.05) is 6.58 Å². The second-order valence-corrected chi connectivity index (χ2v) is 2.18. The summed E-state index contributed by atoms with van der Waals surface area (Å²) < 4.78 is 0. The minimum atomic E-state index is -0.0608. The van der Waals surface area contributed by atoms with Crippen molar-refractivity contribution in [1.29, 1.82) is 0 Å². The zero-order chi connectivity index (χ0) is 10.4. The lowest BCUT2D eigenvalue weighted by Gasteiger charge is -2.04. The lowest BCUT2D eigenvalue weighted by molar-refractivity contribution is -0.104. The molecule has 6 nitrogen and oxygen atoms in total. The fourth-order valence-corrected chi connectivity index (χ4v) is 0.611. The quantitative estimate of drug-likeness (QED) is 0.180. The molecule has 0 aliphatic carbocycles. The van der Waals surface area contributed by atoms with Crippen molar-refractivity contribution in [2.45, 2.75) is 0 Å². The number of carbonyl (C=O) groups excluding carboxylic acids is 1. The summed E-state index contributed by atoms with van der Waals surface area (Å²) in [4.78, 5) is 14.1. The van der Waals surface area contributed by atoms with Gasteiger partial charge in [0, 0.05) is 7.05 Å². The minimum Gasteiger partial charge on any atom is -0.385 e. The van der Waals surface area contributed by atoms with Crippen LogP contribution in [0.3, 0.4) is 0 Å². The molecule has 0 saturated heterocycles. The number of nitrogens with two attached hydrogens (primary N) is 3. The van der Waals surface area contributed by atoms with Crippen LogP contribution in [0.15, 0.2) is 28.8 Å². The van der Waals surface area contributed by atoms with Crippen molar-refractivity contribution >= 4 is 12.1 Å². The summed E-state index contributed by atoms with van der Waals surface area (Å²) in [7, 11) is 1.56. The van der Waals surface area contributed by atoms with Crippen molar-refractivity contribution in [3.05, 3.63) is 23.8 Å². The van der Waals surface area contributed by atoms with E-state index in [2.05, 4.69) is 16.9 Å². The van der Waals surface area contributed by atoms with Crippen molar-refractivity contribution in [2.24, 2.45) is 22.2 Å². The number of rotatable bonds is 4. The van der Waals surface area contributed by atoms with Gasteiger partial charge in [-0.15, -0.1) is 0 Å². The molecule has 0 radical (unpaired) electrons. The van der Waals surface area contributed by atoms with Crippen LogP contribution >= 0.6 is 0 Å². The molecule has 7 N–H and O–H groups in total. The summed E-state index contributed by atoms with van der Waals surface area (Å²) in [6, 6.07) is 0. The monoisotopic (exact) mass is 183 g/mol. The first-order chi connectivity index (χ1) is 6.02. The third-order valence-electron chi connectivity index (χ3n) is 1.22. The summed E-state index contributed by atoms with van der Waals surface area (Å²) in [6.45, 7) is 3.31. The summed E-state index contributed by atoms with van der Waals surface area (Å²) in [5.74, 6) is 0.0904. The van der Waals surface area contributed by atoms with Gasteiger partial charge in [-0.2, -0.15) is 0 Å². The molecule has 0 aliphatic heterocycles. The normalized spacial score (nSPS) is 13.2. The molecule has 0 aromatic heterocycles. The van der Waals surface area contributed by atoms with Gasteiger partial charge in [-0.05, 0) is 0 Å². The van der Waals surface area contributed by atoms with E-state index in [4.69, 9.17) is 17.2 Å². The highest BCUT2D eigenvalue weighted by Crippen LogP contribution is 1.94. The summed E-state index contributed by atoms with van der Waals surface area (Å²) in [5.41, 5.74) is 16.0. The molecular weight excluding hydrogens is 170 g/mol. The number of hydrogen-bond acceptors (Lipinski definition) is 5. The van der Waals surface area contributed by atoms with Crippen LogP contribution in [0.1, 0.15) is 0 Å². The first kappa shape index (κ1) is 11.0. The first-order valence-electron chi connectivity index (χ1n) is 3.44. The number of hydrogen-bond donors (Lipinski definition) is 4. The number of aliphatic imine (C=N–C) groups is 1. The second kappa shape index (κ2) is 4.81. The number of nitrogens with one attached hydrogen (secondary N) is 1. The predicted molar refractivity (Wildman–Crippen MR) is 51.3 cm³/mol. The average molecular weight is 183 g/mol. The van der Waals surface area contributed by atoms with Gasteiger partial charge in [-0.25, -0.2) is 4.99 Å². The Morgan fingerprint density at radius 1 is 1.46 bits per heavy atom. The smallest absolute Gasteiger partial charge is 0.157 e. The van der Waals surface area contributed by atoms with Crippen LogP contribution in [0.25, 0.3) is 0 Å². The Labute approximate surface area is 76.2 Å². The molecule has 13 heavy (non-hydrogen) atoms. The van der Waals surface area contributed by atoms with Gasteiger partial charge in [0.2, 0.25) is 0 Å². The number of aldehydes is 1. The molecule has 0 heterocycles. The molecule has 0 aromatic rings. The molecular formula is C7H13N5O. The number of amidine groups is 1. The summed E-state index contributed by atoms with van der Waals surface area (Å²) >= 11 is 0. The fraction of sp³-hybridized carbons (Fsp3) is 0.143. The van der Waals surface area contributed by atoms with E-state index in [0.717, 1.165) is 0 Å². The van der Waals surface area contributed by atoms with Gasteiger partial charge in [0.1, 0.15) is 17.5 Å². The van der Waals surface area contributed by atoms with Crippen molar-refractivity contribution < 1.29 is 4.79 Å². The maximum absolute atomic E-state index is 10.5. The van der Waals surface area contributed by atoms with Crippen LogP contribution in [-0.4, -0.2) is 19.2 Å². The Morgan fingerprint density at radius 2 is 2.00 bits per heavy atom. The van der Waals surface area contributed by atoms with E-state index in [0.29, 0.717) is 6.29 Å². The zero-order valence-electron chi connectivity index (χ0n) is 7.37. The molecule has 0 aromatic carbocycles. The van der Waals surface area contributed by atoms with Gasteiger partial charge in [0.25, 0.3) is 0 Å². The van der Waals surface area contributed by atoms with Gasteiger partial charge in [-0.3, -0.25) is 4.79 Å². The van der Waals surface area contributed by atoms with Crippen LogP contribution in [0, 0.1) is 0 Å². The SMILES string of the molecule is C=C(N)/N=C(N)\C(C=O)=C(/N)NC. The van der Waals surface area contributed by atoms with E-state index in [1.54, 1.807) is 7.05 Å². The highest BCUT2D eigenvalue weighted by Gasteiger charge is 2.05. The molecule has 0 saturated carbocycles. The van der Waals surface area contributed by atoms with E-state index < -0.39 is 0 Å². The number of carbonyl (C=O) groups is 1. The standard InChI is InChI=1S/C7H13N5O/c1-4(8)12-7(10)5(3-13)6(9)11-2/h3,11H,1,8-9H2,2H3,(H2,10,12)/b6-5+. The lowest BCUT2D eigenvalue weighted by atomic mass is 10.2. The van der Waals surface area contributed by atoms with Crippen LogP contribution in [0.2, 0.25) is 0 Å². The molecule has 0 amide bonds. The highest BCUT2D eigenvalue weighted by molar-refractivity contribution is 6.13. The van der Waals surface area contributed by atoms with E-state index >= 15 is 0 Å². The van der Waals surface area contributed by atoms with Gasteiger partial charge >= 0.3 is 0 Å². The average Bonchev–Trinajstić information content (AvgIpc) is 2.03. The highest BCUT2D eigenvalue weighted by atomic mass is 16.1. The van der Waals surface area contributed by atoms with Crippen LogP contribution < -0.4 is 22.5 Å². The Kier molecular flexibility index (Phi) is 4.08. The maximum Gasteiger partial charge on any atom is 0.157 e. The fourth-order valence-electron chi connectivity index (χ4n) is 0.611. The number of nitrogens with zero attached hydrogens (tertiary/aromatic N) is 1. The van der Waals surface area contributed by atoms with Gasteiger partial charge in [0.15, 0.2) is 6.29 Å². The minimum absolute atomic E-state index is 0.0146. The van der Waals surface area contributed by atoms with E-state index in [1.807, 2.05) is 0 Å². The molecule has 6 heteroatoms. The predicted octanol–water partition coefficient (Wildman–Crippen LogP) is -1.64. The molecule has 0 spiro atoms. The van der Waals surface area contributed by atoms with Crippen LogP contribution in [0.4, 0.5) is 0 Å². The molecule has 0 fully saturated rings. The molecule has 0 bridgehead atoms. The van der Waals surface area contributed by atoms with Gasteiger partial charge < -0.3 is 22.5 Å². The van der Waals surface area contributed by atoms with Crippen molar-refractivity contribution in [3.8, 4) is 0 Å². The molecule has 0 unspecified atom stereocenters. The third-order valence-corrected chi connectivity index (χ3v) is 1.22. The Hall–Kier alpha value is -1.98. The first-order valence-corrected chi connectivity index (χ1v) is 3.44. The molecule has 0 aliphatic rings. The van der Waals surface area contributed by atoms with Crippen molar-refractivity contribution in [1.82, 2.24) is 5.32 Å². The molecule has 72 valence electrons. The van der Waals surface area contributed by atoms with Crippen LogP contribution in [-0.2, 0) is 4.79 Å². The van der Waals surface area contributed by atoms with E-state index in [1.165, 1.54) is 0 Å². The Bertz CT molecular complexity index is 279. The second-order valence-electron chi connectivity index (χ2n) is 2.18. The van der Waals surface area contributed by atoms with Gasteiger partial charge in [0.05, 0.1) is 5.57 Å². The van der Waals surface area contributed by atoms with E-state index in [-0.39, 0.29) is 23.1 Å². The Morgan fingerprint density at radius 3 is 2.31 bits per heavy atom. The van der Waals surface area contributed by atoms with Crippen LogP contribution in [0.5, 0.6) is 0 Å². The third kappa shape index (κ3) is 3.28. The zero-order valence-corrected chi connectivity index (χ0v) is 7.37. The largest absolute Gasteiger partial charge is 0.385 e. The van der Waals surface area contributed by atoms with Crippen molar-refractivity contribution in [3.63, 3.8) is 0 Å². The molecule has 0 atom stereocenters. The summed E-state index contributed by atoms with van der Waals surface area (Å²) in [6.07, 6.45) is 0.494. The maximum atomic E-state index is 10.5. The lowest BCUT2D eigenvalue weighted by Crippen LogP contribution is -2.26. The van der Waals surface area contributed by atoms with E-state index in [9.17, 15) is 4.79 Å². The Balaban J connectivity index is 5.01. The topological polar surface area (TPSA) is 120 Å². The van der Waals surface area contributed by atoms with Crippen molar-refractivity contribution in [2.75, 3.05) is 7.05 Å².